The number of aliphatic imine (C=N–C) groups is 1. The number of nitrogens with zero attached hydrogens (tertiary/aromatic N) is 2. The van der Waals surface area contributed by atoms with Crippen LogP contribution in [-0.4, -0.2) is 37.5 Å². The summed E-state index contributed by atoms with van der Waals surface area (Å²) in [5.41, 5.74) is 4.18. The van der Waals surface area contributed by atoms with Gasteiger partial charge in [-0.05, 0) is 13.8 Å². The van der Waals surface area contributed by atoms with Gasteiger partial charge < -0.3 is 10.7 Å². The Hall–Kier alpha value is -0.870. The van der Waals surface area contributed by atoms with Gasteiger partial charge in [-0.2, -0.15) is 0 Å². The van der Waals surface area contributed by atoms with Crippen LogP contribution in [0.3, 0.4) is 0 Å². The molecule has 0 aromatic carbocycles. The zero-order valence-corrected chi connectivity index (χ0v) is 8.38. The molecule has 4 heteroatoms. The highest BCUT2D eigenvalue weighted by Gasteiger charge is 2.05. The fourth-order valence-electron chi connectivity index (χ4n) is 1.08. The van der Waals surface area contributed by atoms with Gasteiger partial charge in [0, 0.05) is 31.9 Å². The summed E-state index contributed by atoms with van der Waals surface area (Å²) in [4.78, 5) is 4.20. The van der Waals surface area contributed by atoms with E-state index in [-0.39, 0.29) is 0 Å². The molecular formula is C9H18N4. The molecule has 4 nitrogen and oxygen atoms in total. The Labute approximate surface area is 79.7 Å². The van der Waals surface area contributed by atoms with Crippen LogP contribution < -0.4 is 10.7 Å². The fraction of sp³-hybridized carbons (Fsp3) is 0.667. The van der Waals surface area contributed by atoms with Gasteiger partial charge in [0.05, 0.1) is 0 Å². The van der Waals surface area contributed by atoms with Gasteiger partial charge >= 0.3 is 0 Å². The van der Waals surface area contributed by atoms with Crippen LogP contribution in [0.4, 0.5) is 0 Å². The van der Waals surface area contributed by atoms with E-state index in [1.807, 2.05) is 19.9 Å². The molecule has 0 atom stereocenters. The van der Waals surface area contributed by atoms with Gasteiger partial charge in [0.1, 0.15) is 6.34 Å². The summed E-state index contributed by atoms with van der Waals surface area (Å²) >= 11 is 0. The Morgan fingerprint density at radius 2 is 2.15 bits per heavy atom. The van der Waals surface area contributed by atoms with Crippen molar-refractivity contribution in [1.29, 1.82) is 0 Å². The molecule has 2 N–H and O–H groups in total. The van der Waals surface area contributed by atoms with E-state index in [0.717, 1.165) is 31.9 Å². The number of nitrogens with one attached hydrogen (secondary N) is 2. The SMILES string of the molecule is C/C=C(\C)N=CNN1CCNCC1. The van der Waals surface area contributed by atoms with E-state index in [9.17, 15) is 0 Å². The maximum Gasteiger partial charge on any atom is 0.103 e. The lowest BCUT2D eigenvalue weighted by Gasteiger charge is -2.26. The third-order valence-corrected chi connectivity index (χ3v) is 2.04. The molecule has 13 heavy (non-hydrogen) atoms. The zero-order chi connectivity index (χ0) is 9.52. The maximum absolute atomic E-state index is 4.20. The van der Waals surface area contributed by atoms with Crippen molar-refractivity contribution in [2.24, 2.45) is 4.99 Å². The second kappa shape index (κ2) is 5.72. The van der Waals surface area contributed by atoms with Crippen LogP contribution in [0, 0.1) is 0 Å². The van der Waals surface area contributed by atoms with Crippen molar-refractivity contribution in [3.05, 3.63) is 11.8 Å². The predicted octanol–water partition coefficient (Wildman–Crippen LogP) is 0.348. The molecule has 1 rings (SSSR count). The molecule has 0 amide bonds. The van der Waals surface area contributed by atoms with Gasteiger partial charge in [-0.15, -0.1) is 0 Å². The minimum absolute atomic E-state index is 1.03. The molecule has 0 unspecified atom stereocenters. The molecule has 0 aromatic rings. The number of rotatable bonds is 3. The second-order valence-corrected chi connectivity index (χ2v) is 3.05. The van der Waals surface area contributed by atoms with Crippen LogP contribution in [0.1, 0.15) is 13.8 Å². The molecule has 0 aliphatic carbocycles. The van der Waals surface area contributed by atoms with E-state index in [4.69, 9.17) is 0 Å². The van der Waals surface area contributed by atoms with Gasteiger partial charge in [0.15, 0.2) is 0 Å². The molecule has 1 fully saturated rings. The summed E-state index contributed by atoms with van der Waals surface area (Å²) in [5, 5.41) is 5.44. The Kier molecular flexibility index (Phi) is 4.49. The average molecular weight is 182 g/mol. The quantitative estimate of drug-likeness (QED) is 0.488. The largest absolute Gasteiger partial charge is 0.314 e. The van der Waals surface area contributed by atoms with Gasteiger partial charge in [-0.25, -0.2) is 10.0 Å². The Balaban J connectivity index is 2.20. The van der Waals surface area contributed by atoms with Crippen LogP contribution in [0.5, 0.6) is 0 Å². The van der Waals surface area contributed by atoms with Crippen LogP contribution in [0.15, 0.2) is 16.8 Å². The lowest BCUT2D eigenvalue weighted by molar-refractivity contribution is 0.209. The Morgan fingerprint density at radius 3 is 2.77 bits per heavy atom. The minimum atomic E-state index is 1.03. The van der Waals surface area contributed by atoms with Gasteiger partial charge in [0.25, 0.3) is 0 Å². The number of hydrogen-bond acceptors (Lipinski definition) is 3. The van der Waals surface area contributed by atoms with Crippen molar-refractivity contribution in [3.8, 4) is 0 Å². The van der Waals surface area contributed by atoms with Gasteiger partial charge in [-0.1, -0.05) is 6.08 Å². The zero-order valence-electron chi connectivity index (χ0n) is 8.38. The second-order valence-electron chi connectivity index (χ2n) is 3.05. The van der Waals surface area contributed by atoms with Crippen molar-refractivity contribution in [3.63, 3.8) is 0 Å². The lowest BCUT2D eigenvalue weighted by atomic mass is 10.4. The third kappa shape index (κ3) is 4.05. The van der Waals surface area contributed by atoms with Crippen LogP contribution in [0.2, 0.25) is 0 Å². The van der Waals surface area contributed by atoms with Crippen molar-refractivity contribution in [2.45, 2.75) is 13.8 Å². The molecular weight excluding hydrogens is 164 g/mol. The molecule has 0 aromatic heterocycles. The molecule has 0 radical (unpaired) electrons. The molecule has 0 bridgehead atoms. The summed E-state index contributed by atoms with van der Waals surface area (Å²) in [5.74, 6) is 0. The first-order chi connectivity index (χ1) is 6.33. The average Bonchev–Trinajstić information content (AvgIpc) is 2.19. The first-order valence-corrected chi connectivity index (χ1v) is 4.70. The summed E-state index contributed by atoms with van der Waals surface area (Å²) in [6.45, 7) is 8.11. The smallest absolute Gasteiger partial charge is 0.103 e. The van der Waals surface area contributed by atoms with Crippen molar-refractivity contribution in [1.82, 2.24) is 15.8 Å². The lowest BCUT2D eigenvalue weighted by Crippen LogP contribution is -2.49. The monoisotopic (exact) mass is 182 g/mol. The molecule has 74 valence electrons. The first-order valence-electron chi connectivity index (χ1n) is 4.70. The third-order valence-electron chi connectivity index (χ3n) is 2.04. The number of hydrogen-bond donors (Lipinski definition) is 2. The highest BCUT2D eigenvalue weighted by atomic mass is 15.5. The van der Waals surface area contributed by atoms with E-state index in [1.54, 1.807) is 6.34 Å². The normalized spacial score (nSPS) is 20.9. The number of piperazine rings is 1. The number of hydrazine groups is 1. The predicted molar refractivity (Wildman–Crippen MR) is 55.5 cm³/mol. The summed E-state index contributed by atoms with van der Waals surface area (Å²) < 4.78 is 0. The van der Waals surface area contributed by atoms with Gasteiger partial charge in [0.2, 0.25) is 0 Å². The highest BCUT2D eigenvalue weighted by Crippen LogP contribution is 1.90. The highest BCUT2D eigenvalue weighted by molar-refractivity contribution is 5.55. The standard InChI is InChI=1S/C9H18N4/c1-3-9(2)11-8-12-13-6-4-10-5-7-13/h3,8,10H,4-7H2,1-2H3,(H,11,12)/b9-3+. The fourth-order valence-corrected chi connectivity index (χ4v) is 1.08. The van der Waals surface area contributed by atoms with Crippen molar-refractivity contribution < 1.29 is 0 Å². The minimum Gasteiger partial charge on any atom is -0.314 e. The molecule has 1 aliphatic rings. The Bertz CT molecular complexity index is 192. The molecule has 0 saturated carbocycles. The van der Waals surface area contributed by atoms with E-state index in [0.29, 0.717) is 0 Å². The van der Waals surface area contributed by atoms with E-state index >= 15 is 0 Å². The van der Waals surface area contributed by atoms with Crippen LogP contribution in [0.25, 0.3) is 0 Å². The van der Waals surface area contributed by atoms with Crippen LogP contribution >= 0.6 is 0 Å². The Morgan fingerprint density at radius 1 is 1.46 bits per heavy atom. The molecule has 0 spiro atoms. The molecule has 1 heterocycles. The summed E-state index contributed by atoms with van der Waals surface area (Å²) in [6.07, 6.45) is 3.73. The van der Waals surface area contributed by atoms with E-state index in [2.05, 4.69) is 20.7 Å². The van der Waals surface area contributed by atoms with E-state index < -0.39 is 0 Å². The topological polar surface area (TPSA) is 39.7 Å². The molecule has 1 saturated heterocycles. The summed E-state index contributed by atoms with van der Waals surface area (Å²) in [6, 6.07) is 0. The summed E-state index contributed by atoms with van der Waals surface area (Å²) in [7, 11) is 0. The van der Waals surface area contributed by atoms with Crippen molar-refractivity contribution in [2.75, 3.05) is 26.2 Å². The molecule has 1 aliphatic heterocycles. The van der Waals surface area contributed by atoms with Crippen LogP contribution in [-0.2, 0) is 0 Å². The van der Waals surface area contributed by atoms with E-state index in [1.165, 1.54) is 0 Å². The first kappa shape index (κ1) is 10.2. The van der Waals surface area contributed by atoms with Gasteiger partial charge in [-0.3, -0.25) is 0 Å². The maximum atomic E-state index is 4.20. The number of allylic oxidation sites excluding steroid dienone is 2. The van der Waals surface area contributed by atoms with Crippen molar-refractivity contribution >= 4 is 6.34 Å².